The van der Waals surface area contributed by atoms with Crippen LogP contribution in [0.15, 0.2) is 78.0 Å². The molecule has 0 bridgehead atoms. The number of nitrogens with zero attached hydrogens (tertiary/aromatic N) is 1. The summed E-state index contributed by atoms with van der Waals surface area (Å²) in [6.07, 6.45) is 7.22. The van der Waals surface area contributed by atoms with Gasteiger partial charge in [0.2, 0.25) is 10.0 Å². The van der Waals surface area contributed by atoms with Crippen molar-refractivity contribution in [1.82, 2.24) is 9.71 Å². The summed E-state index contributed by atoms with van der Waals surface area (Å²) in [4.78, 5) is 15.1. The number of sulfonamides is 1. The number of nitrogens with one attached hydrogen (secondary N) is 1. The van der Waals surface area contributed by atoms with Gasteiger partial charge in [-0.05, 0) is 60.2 Å². The molecule has 3 aromatic rings. The van der Waals surface area contributed by atoms with E-state index in [2.05, 4.69) is 9.71 Å². The third-order valence-corrected chi connectivity index (χ3v) is 7.26. The van der Waals surface area contributed by atoms with E-state index in [1.54, 1.807) is 12.4 Å². The van der Waals surface area contributed by atoms with Crippen LogP contribution < -0.4 is 4.72 Å². The van der Waals surface area contributed by atoms with Gasteiger partial charge in [0, 0.05) is 30.9 Å². The molecule has 34 heavy (non-hydrogen) atoms. The first-order valence-electron chi connectivity index (χ1n) is 10.6. The van der Waals surface area contributed by atoms with Crippen molar-refractivity contribution in [1.29, 1.82) is 0 Å². The molecular weight excluding hydrogens is 495 g/mol. The highest BCUT2D eigenvalue weighted by atomic mass is 35.5. The molecule has 0 saturated carbocycles. The lowest BCUT2D eigenvalue weighted by atomic mass is 9.95. The maximum absolute atomic E-state index is 12.6. The molecule has 1 aromatic heterocycles. The van der Waals surface area contributed by atoms with Crippen molar-refractivity contribution in [2.45, 2.75) is 30.6 Å². The fourth-order valence-electron chi connectivity index (χ4n) is 3.38. The smallest absolute Gasteiger partial charge is 0.303 e. The van der Waals surface area contributed by atoms with Crippen molar-refractivity contribution in [2.24, 2.45) is 0 Å². The summed E-state index contributed by atoms with van der Waals surface area (Å²) in [7, 11) is -3.72. The zero-order valence-electron chi connectivity index (χ0n) is 18.2. The van der Waals surface area contributed by atoms with E-state index in [1.165, 1.54) is 18.2 Å². The van der Waals surface area contributed by atoms with Gasteiger partial charge in [0.15, 0.2) is 0 Å². The van der Waals surface area contributed by atoms with E-state index in [1.807, 2.05) is 42.5 Å². The molecular formula is C25H24Cl2N2O4S. The number of allylic oxidation sites excluding steroid dienone is 1. The molecule has 0 spiro atoms. The average molecular weight is 519 g/mol. The SMILES string of the molecule is O=C(O)CCC/C=C(/c1cccnc1)c1cccc(CCNS(=O)(=O)c2ccc(Cl)c(Cl)c2)c1. The maximum atomic E-state index is 12.6. The molecule has 0 aliphatic heterocycles. The number of carboxylic acid groups (broad SMARTS) is 1. The molecule has 0 aliphatic rings. The molecule has 0 saturated heterocycles. The van der Waals surface area contributed by atoms with E-state index in [0.717, 1.165) is 22.3 Å². The topological polar surface area (TPSA) is 96.4 Å². The Balaban J connectivity index is 1.73. The molecule has 0 unspecified atom stereocenters. The van der Waals surface area contributed by atoms with Gasteiger partial charge in [0.1, 0.15) is 0 Å². The lowest BCUT2D eigenvalue weighted by molar-refractivity contribution is -0.137. The summed E-state index contributed by atoms with van der Waals surface area (Å²) >= 11 is 11.8. The second kappa shape index (κ2) is 12.1. The van der Waals surface area contributed by atoms with Gasteiger partial charge in [-0.2, -0.15) is 0 Å². The highest BCUT2D eigenvalue weighted by molar-refractivity contribution is 7.89. The van der Waals surface area contributed by atoms with Gasteiger partial charge in [-0.25, -0.2) is 13.1 Å². The van der Waals surface area contributed by atoms with E-state index in [0.29, 0.717) is 19.3 Å². The molecule has 0 aliphatic carbocycles. The highest BCUT2D eigenvalue weighted by Crippen LogP contribution is 2.26. The summed E-state index contributed by atoms with van der Waals surface area (Å²) < 4.78 is 27.7. The number of aromatic nitrogens is 1. The van der Waals surface area contributed by atoms with Crippen LogP contribution in [0, 0.1) is 0 Å². The molecule has 9 heteroatoms. The van der Waals surface area contributed by atoms with Gasteiger partial charge in [-0.3, -0.25) is 9.78 Å². The minimum absolute atomic E-state index is 0.0545. The van der Waals surface area contributed by atoms with Gasteiger partial charge in [0.25, 0.3) is 0 Å². The Bertz CT molecular complexity index is 1280. The van der Waals surface area contributed by atoms with Crippen LogP contribution in [0.2, 0.25) is 10.0 Å². The number of hydrogen-bond donors (Lipinski definition) is 2. The highest BCUT2D eigenvalue weighted by Gasteiger charge is 2.15. The second-order valence-corrected chi connectivity index (χ2v) is 10.2. The molecule has 2 N–H and O–H groups in total. The predicted molar refractivity (Wildman–Crippen MR) is 135 cm³/mol. The molecule has 0 radical (unpaired) electrons. The first kappa shape index (κ1) is 25.9. The number of halogens is 2. The van der Waals surface area contributed by atoms with E-state index in [9.17, 15) is 13.2 Å². The zero-order chi connectivity index (χ0) is 24.6. The van der Waals surface area contributed by atoms with Crippen LogP contribution >= 0.6 is 23.2 Å². The fraction of sp³-hybridized carbons (Fsp3) is 0.200. The van der Waals surface area contributed by atoms with Gasteiger partial charge in [0.05, 0.1) is 14.9 Å². The van der Waals surface area contributed by atoms with Crippen LogP contribution in [0.25, 0.3) is 5.57 Å². The van der Waals surface area contributed by atoms with Crippen molar-refractivity contribution in [3.63, 3.8) is 0 Å². The number of unbranched alkanes of at least 4 members (excludes halogenated alkanes) is 1. The zero-order valence-corrected chi connectivity index (χ0v) is 20.6. The Hall–Kier alpha value is -2.71. The van der Waals surface area contributed by atoms with Crippen LogP contribution in [0.3, 0.4) is 0 Å². The molecule has 0 atom stereocenters. The van der Waals surface area contributed by atoms with E-state index >= 15 is 0 Å². The van der Waals surface area contributed by atoms with Gasteiger partial charge >= 0.3 is 5.97 Å². The van der Waals surface area contributed by atoms with Crippen LogP contribution in [0.5, 0.6) is 0 Å². The van der Waals surface area contributed by atoms with Crippen LogP contribution in [-0.2, 0) is 21.2 Å². The summed E-state index contributed by atoms with van der Waals surface area (Å²) in [6.45, 7) is 0.205. The molecule has 178 valence electrons. The van der Waals surface area contributed by atoms with Crippen LogP contribution in [0.4, 0.5) is 0 Å². The van der Waals surface area contributed by atoms with E-state index in [4.69, 9.17) is 28.3 Å². The van der Waals surface area contributed by atoms with Crippen molar-refractivity contribution < 1.29 is 18.3 Å². The fourth-order valence-corrected chi connectivity index (χ4v) is 4.80. The van der Waals surface area contributed by atoms with E-state index in [-0.39, 0.29) is 27.9 Å². The minimum atomic E-state index is -3.72. The second-order valence-electron chi connectivity index (χ2n) is 7.57. The summed E-state index contributed by atoms with van der Waals surface area (Å²) in [5, 5.41) is 9.36. The van der Waals surface area contributed by atoms with Gasteiger partial charge < -0.3 is 5.11 Å². The number of carboxylic acids is 1. The van der Waals surface area contributed by atoms with Gasteiger partial charge in [-0.1, -0.05) is 59.6 Å². The summed E-state index contributed by atoms with van der Waals surface area (Å²) in [6, 6.07) is 15.8. The normalized spacial score (nSPS) is 12.0. The molecule has 2 aromatic carbocycles. The predicted octanol–water partition coefficient (Wildman–Crippen LogP) is 5.60. The standard InChI is InChI=1S/C25H24Cl2N2O4S/c26-23-11-10-21(16-24(23)27)34(32,33)29-14-12-18-5-3-6-19(15-18)22(8-1-2-9-25(30)31)20-7-4-13-28-17-20/h3-8,10-11,13,15-17,29H,1-2,9,12,14H2,(H,30,31)/b22-8+. The quantitative estimate of drug-likeness (QED) is 0.322. The molecule has 0 amide bonds. The molecule has 3 rings (SSSR count). The maximum Gasteiger partial charge on any atom is 0.303 e. The largest absolute Gasteiger partial charge is 0.481 e. The lowest BCUT2D eigenvalue weighted by Crippen LogP contribution is -2.26. The summed E-state index contributed by atoms with van der Waals surface area (Å²) in [5.41, 5.74) is 3.79. The molecule has 6 nitrogen and oxygen atoms in total. The first-order chi connectivity index (χ1) is 16.3. The monoisotopic (exact) mass is 518 g/mol. The van der Waals surface area contributed by atoms with Crippen molar-refractivity contribution >= 4 is 44.8 Å². The number of hydrogen-bond acceptors (Lipinski definition) is 4. The first-order valence-corrected chi connectivity index (χ1v) is 12.9. The van der Waals surface area contributed by atoms with E-state index < -0.39 is 16.0 Å². The minimum Gasteiger partial charge on any atom is -0.481 e. The van der Waals surface area contributed by atoms with Crippen molar-refractivity contribution in [3.8, 4) is 0 Å². The molecule has 0 fully saturated rings. The number of aliphatic carboxylic acids is 1. The lowest BCUT2D eigenvalue weighted by Gasteiger charge is -2.11. The van der Waals surface area contributed by atoms with Crippen molar-refractivity contribution in [2.75, 3.05) is 6.54 Å². The Labute approximate surface area is 209 Å². The third-order valence-electron chi connectivity index (χ3n) is 5.06. The van der Waals surface area contributed by atoms with Crippen LogP contribution in [0.1, 0.15) is 36.0 Å². The summed E-state index contributed by atoms with van der Waals surface area (Å²) in [5.74, 6) is -0.818. The van der Waals surface area contributed by atoms with Crippen LogP contribution in [-0.4, -0.2) is 31.0 Å². The average Bonchev–Trinajstić information content (AvgIpc) is 2.81. The Kier molecular flexibility index (Phi) is 9.24. The Morgan fingerprint density at radius 3 is 2.53 bits per heavy atom. The number of benzene rings is 2. The number of rotatable bonds is 11. The number of carbonyl (C=O) groups is 1. The Morgan fingerprint density at radius 1 is 1.03 bits per heavy atom. The van der Waals surface area contributed by atoms with Gasteiger partial charge in [-0.15, -0.1) is 0 Å². The third kappa shape index (κ3) is 7.40. The van der Waals surface area contributed by atoms with Crippen molar-refractivity contribution in [3.05, 3.63) is 99.8 Å². The molecule has 1 heterocycles. The number of pyridine rings is 1. The Morgan fingerprint density at radius 2 is 1.82 bits per heavy atom.